The molecule has 1 saturated heterocycles. The lowest BCUT2D eigenvalue weighted by Gasteiger charge is -2.41. The van der Waals surface area contributed by atoms with Crippen LogP contribution in [0.2, 0.25) is 0 Å². The number of piperidine rings is 1. The summed E-state index contributed by atoms with van der Waals surface area (Å²) in [7, 11) is 0. The van der Waals surface area contributed by atoms with Crippen LogP contribution in [0.5, 0.6) is 0 Å². The molecular weight excluding hydrogens is 440 g/mol. The van der Waals surface area contributed by atoms with E-state index in [0.29, 0.717) is 32.4 Å². The molecule has 2 aromatic rings. The minimum Gasteiger partial charge on any atom is -0.433 e. The highest BCUT2D eigenvalue weighted by molar-refractivity contribution is 5.88. The molecule has 2 fully saturated rings. The van der Waals surface area contributed by atoms with Gasteiger partial charge in [0.1, 0.15) is 0 Å². The van der Waals surface area contributed by atoms with Gasteiger partial charge in [-0.25, -0.2) is 4.79 Å². The zero-order valence-electron chi connectivity index (χ0n) is 20.1. The lowest BCUT2D eigenvalue weighted by molar-refractivity contribution is -0.146. The van der Waals surface area contributed by atoms with Crippen LogP contribution in [-0.4, -0.2) is 35.2 Å². The predicted molar refractivity (Wildman–Crippen MR) is 133 cm³/mol. The summed E-state index contributed by atoms with van der Waals surface area (Å²) < 4.78 is 5.87. The second kappa shape index (κ2) is 11.9. The molecule has 2 aromatic carbocycles. The van der Waals surface area contributed by atoms with Gasteiger partial charge < -0.3 is 15.4 Å². The van der Waals surface area contributed by atoms with Gasteiger partial charge in [-0.1, -0.05) is 67.1 Å². The Morgan fingerprint density at radius 1 is 1.00 bits per heavy atom. The van der Waals surface area contributed by atoms with E-state index in [-0.39, 0.29) is 18.0 Å². The summed E-state index contributed by atoms with van der Waals surface area (Å²) in [6.45, 7) is 1.76. The summed E-state index contributed by atoms with van der Waals surface area (Å²) in [6, 6.07) is 22.1. The van der Waals surface area contributed by atoms with E-state index in [2.05, 4.69) is 33.7 Å². The maximum Gasteiger partial charge on any atom is 0.408 e. The SMILES string of the molecule is N#CC1CCN(Cc2ccccc2)C(NC(=O)C2(OC(=O)NCc3ccccc3)CCCCC2)C1. The maximum atomic E-state index is 13.7. The number of nitriles is 1. The van der Waals surface area contributed by atoms with Crippen molar-refractivity contribution in [1.29, 1.82) is 5.26 Å². The summed E-state index contributed by atoms with van der Waals surface area (Å²) in [5, 5.41) is 15.5. The van der Waals surface area contributed by atoms with Gasteiger partial charge in [-0.15, -0.1) is 0 Å². The van der Waals surface area contributed by atoms with Crippen molar-refractivity contribution in [2.45, 2.75) is 69.8 Å². The Bertz CT molecular complexity index is 1020. The Balaban J connectivity index is 1.44. The molecular formula is C28H34N4O3. The number of amides is 2. The predicted octanol–water partition coefficient (Wildman–Crippen LogP) is 4.49. The van der Waals surface area contributed by atoms with Gasteiger partial charge in [0.2, 0.25) is 0 Å². The molecule has 1 heterocycles. The van der Waals surface area contributed by atoms with Crippen LogP contribution in [0.1, 0.15) is 56.1 Å². The van der Waals surface area contributed by atoms with Gasteiger partial charge in [0, 0.05) is 19.6 Å². The zero-order valence-corrected chi connectivity index (χ0v) is 20.1. The van der Waals surface area contributed by atoms with Crippen LogP contribution in [-0.2, 0) is 22.6 Å². The molecule has 7 heteroatoms. The van der Waals surface area contributed by atoms with Crippen molar-refractivity contribution in [3.63, 3.8) is 0 Å². The fraction of sp³-hybridized carbons (Fsp3) is 0.464. The molecule has 35 heavy (non-hydrogen) atoms. The minimum atomic E-state index is -1.18. The molecule has 1 aliphatic heterocycles. The molecule has 1 aliphatic carbocycles. The third-order valence-electron chi connectivity index (χ3n) is 7.06. The van der Waals surface area contributed by atoms with Gasteiger partial charge in [-0.05, 0) is 49.7 Å². The number of likely N-dealkylation sites (tertiary alicyclic amines) is 1. The Labute approximate surface area is 207 Å². The first kappa shape index (κ1) is 24.7. The quantitative estimate of drug-likeness (QED) is 0.616. The average Bonchev–Trinajstić information content (AvgIpc) is 2.90. The fourth-order valence-corrected chi connectivity index (χ4v) is 5.05. The van der Waals surface area contributed by atoms with Crippen molar-refractivity contribution >= 4 is 12.0 Å². The summed E-state index contributed by atoms with van der Waals surface area (Å²) in [5.41, 5.74) is 0.941. The lowest BCUT2D eigenvalue weighted by Crippen LogP contribution is -2.59. The van der Waals surface area contributed by atoms with Crippen LogP contribution in [0, 0.1) is 17.2 Å². The van der Waals surface area contributed by atoms with Crippen molar-refractivity contribution in [2.75, 3.05) is 6.54 Å². The Kier molecular flexibility index (Phi) is 8.38. The van der Waals surface area contributed by atoms with E-state index in [1.165, 1.54) is 0 Å². The molecule has 2 aliphatic rings. The molecule has 2 N–H and O–H groups in total. The topological polar surface area (TPSA) is 94.5 Å². The summed E-state index contributed by atoms with van der Waals surface area (Å²) in [5.74, 6) is -0.363. The van der Waals surface area contributed by atoms with E-state index in [0.717, 1.165) is 43.4 Å². The molecule has 2 amide bonds. The number of alkyl carbamates (subject to hydrolysis) is 1. The second-order valence-corrected chi connectivity index (χ2v) is 9.58. The van der Waals surface area contributed by atoms with E-state index in [1.807, 2.05) is 48.5 Å². The second-order valence-electron chi connectivity index (χ2n) is 9.58. The number of carbonyl (C=O) groups is 2. The number of hydrogen-bond donors (Lipinski definition) is 2. The van der Waals surface area contributed by atoms with Crippen LogP contribution in [0.25, 0.3) is 0 Å². The van der Waals surface area contributed by atoms with Crippen molar-refractivity contribution in [3.05, 3.63) is 71.8 Å². The van der Waals surface area contributed by atoms with Gasteiger partial charge in [0.15, 0.2) is 5.60 Å². The molecule has 0 bridgehead atoms. The first-order valence-electron chi connectivity index (χ1n) is 12.6. The van der Waals surface area contributed by atoms with Crippen LogP contribution in [0.3, 0.4) is 0 Å². The van der Waals surface area contributed by atoms with Crippen molar-refractivity contribution in [1.82, 2.24) is 15.5 Å². The Morgan fingerprint density at radius 3 is 2.31 bits per heavy atom. The van der Waals surface area contributed by atoms with Crippen LogP contribution < -0.4 is 10.6 Å². The maximum absolute atomic E-state index is 13.7. The normalized spacial score (nSPS) is 21.9. The summed E-state index contributed by atoms with van der Waals surface area (Å²) >= 11 is 0. The first-order chi connectivity index (χ1) is 17.1. The highest BCUT2D eigenvalue weighted by Crippen LogP contribution is 2.33. The molecule has 0 radical (unpaired) electrons. The monoisotopic (exact) mass is 474 g/mol. The minimum absolute atomic E-state index is 0.107. The van der Waals surface area contributed by atoms with Crippen LogP contribution in [0.15, 0.2) is 60.7 Å². The van der Waals surface area contributed by atoms with Gasteiger partial charge in [0.25, 0.3) is 5.91 Å². The number of hydrogen-bond acceptors (Lipinski definition) is 5. The largest absolute Gasteiger partial charge is 0.433 e. The number of carbonyl (C=O) groups excluding carboxylic acids is 2. The first-order valence-corrected chi connectivity index (χ1v) is 12.6. The molecule has 0 spiro atoms. The molecule has 184 valence electrons. The standard InChI is InChI=1S/C28H34N4O3/c29-19-24-14-17-32(21-23-12-6-2-7-13-23)25(18-24)31-26(33)28(15-8-3-9-16-28)35-27(34)30-20-22-10-4-1-5-11-22/h1-2,4-7,10-13,24-25H,3,8-9,14-18,20-21H2,(H,30,34)(H,31,33). The Hall–Kier alpha value is -3.37. The third-order valence-corrected chi connectivity index (χ3v) is 7.06. The van der Waals surface area contributed by atoms with Crippen LogP contribution in [0.4, 0.5) is 4.79 Å². The molecule has 1 saturated carbocycles. The average molecular weight is 475 g/mol. The number of nitrogens with one attached hydrogen (secondary N) is 2. The fourth-order valence-electron chi connectivity index (χ4n) is 5.05. The van der Waals surface area contributed by atoms with Gasteiger partial charge in [0.05, 0.1) is 18.2 Å². The zero-order chi connectivity index (χ0) is 24.5. The number of rotatable bonds is 7. The van der Waals surface area contributed by atoms with Crippen molar-refractivity contribution in [2.24, 2.45) is 5.92 Å². The highest BCUT2D eigenvalue weighted by Gasteiger charge is 2.45. The van der Waals surface area contributed by atoms with Gasteiger partial charge in [-0.3, -0.25) is 9.69 Å². The van der Waals surface area contributed by atoms with E-state index in [1.54, 1.807) is 0 Å². The molecule has 7 nitrogen and oxygen atoms in total. The van der Waals surface area contributed by atoms with Crippen molar-refractivity contribution < 1.29 is 14.3 Å². The summed E-state index contributed by atoms with van der Waals surface area (Å²) in [6.07, 6.45) is 4.17. The van der Waals surface area contributed by atoms with Gasteiger partial charge >= 0.3 is 6.09 Å². The Morgan fingerprint density at radius 2 is 1.66 bits per heavy atom. The van der Waals surface area contributed by atoms with Gasteiger partial charge in [-0.2, -0.15) is 5.26 Å². The highest BCUT2D eigenvalue weighted by atomic mass is 16.6. The van der Waals surface area contributed by atoms with E-state index < -0.39 is 11.7 Å². The smallest absolute Gasteiger partial charge is 0.408 e. The van der Waals surface area contributed by atoms with Crippen LogP contribution >= 0.6 is 0 Å². The lowest BCUT2D eigenvalue weighted by atomic mass is 9.83. The van der Waals surface area contributed by atoms with Crippen molar-refractivity contribution in [3.8, 4) is 6.07 Å². The molecule has 0 aromatic heterocycles. The number of nitrogens with zero attached hydrogens (tertiary/aromatic N) is 2. The van der Waals surface area contributed by atoms with E-state index in [4.69, 9.17) is 4.74 Å². The van der Waals surface area contributed by atoms with E-state index in [9.17, 15) is 14.9 Å². The molecule has 4 rings (SSSR count). The molecule has 2 unspecified atom stereocenters. The number of benzene rings is 2. The molecule has 2 atom stereocenters. The summed E-state index contributed by atoms with van der Waals surface area (Å²) in [4.78, 5) is 28.6. The third kappa shape index (κ3) is 6.61. The number of ether oxygens (including phenoxy) is 1. The van der Waals surface area contributed by atoms with E-state index >= 15 is 0 Å².